The van der Waals surface area contributed by atoms with Crippen molar-refractivity contribution in [1.82, 2.24) is 20.1 Å². The van der Waals surface area contributed by atoms with Crippen LogP contribution in [0.25, 0.3) is 11.4 Å². The third kappa shape index (κ3) is 4.84. The number of carbonyl (C=O) groups is 1. The molecule has 1 heterocycles. The number of nitrogens with one attached hydrogen (secondary N) is 1. The topological polar surface area (TPSA) is 59.8 Å². The fourth-order valence-electron chi connectivity index (χ4n) is 2.63. The molecule has 3 rings (SSSR count). The number of hydrogen-bond acceptors (Lipinski definition) is 4. The van der Waals surface area contributed by atoms with Crippen LogP contribution in [0.4, 0.5) is 4.39 Å². The molecule has 1 N–H and O–H groups in total. The molecule has 0 saturated carbocycles. The van der Waals surface area contributed by atoms with Crippen molar-refractivity contribution in [3.05, 3.63) is 63.9 Å². The Hall–Kier alpha value is -2.09. The predicted octanol–water partition coefficient (Wildman–Crippen LogP) is 4.90. The number of carbonyl (C=O) groups excluding carboxylic acids is 1. The van der Waals surface area contributed by atoms with E-state index in [4.69, 9.17) is 23.2 Å². The van der Waals surface area contributed by atoms with Crippen LogP contribution < -0.4 is 5.32 Å². The lowest BCUT2D eigenvalue weighted by molar-refractivity contribution is -0.119. The van der Waals surface area contributed by atoms with E-state index in [0.717, 1.165) is 11.1 Å². The zero-order valence-corrected chi connectivity index (χ0v) is 17.4. The smallest absolute Gasteiger partial charge is 0.230 e. The van der Waals surface area contributed by atoms with Crippen molar-refractivity contribution in [2.24, 2.45) is 7.05 Å². The van der Waals surface area contributed by atoms with Crippen LogP contribution in [-0.4, -0.2) is 26.4 Å². The molecule has 0 aliphatic rings. The minimum atomic E-state index is -0.313. The van der Waals surface area contributed by atoms with Gasteiger partial charge < -0.3 is 9.88 Å². The Kier molecular flexibility index (Phi) is 6.59. The first-order valence-corrected chi connectivity index (χ1v) is 10.1. The summed E-state index contributed by atoms with van der Waals surface area (Å²) >= 11 is 13.4. The molecule has 0 fully saturated rings. The number of hydrogen-bond donors (Lipinski definition) is 1. The van der Waals surface area contributed by atoms with E-state index in [1.165, 1.54) is 23.9 Å². The van der Waals surface area contributed by atoms with Crippen molar-refractivity contribution < 1.29 is 9.18 Å². The van der Waals surface area contributed by atoms with Gasteiger partial charge in [-0.3, -0.25) is 4.79 Å². The molecule has 28 heavy (non-hydrogen) atoms. The van der Waals surface area contributed by atoms with Gasteiger partial charge in [0.05, 0.1) is 11.8 Å². The number of rotatable bonds is 6. The summed E-state index contributed by atoms with van der Waals surface area (Å²) < 4.78 is 14.9. The molecule has 1 amide bonds. The monoisotopic (exact) mass is 438 g/mol. The summed E-state index contributed by atoms with van der Waals surface area (Å²) in [5.74, 6) is 0.302. The highest BCUT2D eigenvalue weighted by Gasteiger charge is 2.16. The molecule has 1 aromatic heterocycles. The first-order chi connectivity index (χ1) is 13.3. The van der Waals surface area contributed by atoms with E-state index in [9.17, 15) is 9.18 Å². The largest absolute Gasteiger partial charge is 0.349 e. The molecule has 0 saturated heterocycles. The average molecular weight is 439 g/mol. The lowest BCUT2D eigenvalue weighted by Crippen LogP contribution is -2.28. The third-order valence-corrected chi connectivity index (χ3v) is 5.66. The molecule has 0 spiro atoms. The van der Waals surface area contributed by atoms with Crippen molar-refractivity contribution in [3.63, 3.8) is 0 Å². The summed E-state index contributed by atoms with van der Waals surface area (Å²) in [6.07, 6.45) is 0. The van der Waals surface area contributed by atoms with Crippen LogP contribution >= 0.6 is 35.0 Å². The van der Waals surface area contributed by atoms with Crippen molar-refractivity contribution in [2.45, 2.75) is 18.1 Å². The Balaban J connectivity index is 1.61. The Labute approximate surface area is 176 Å². The predicted molar refractivity (Wildman–Crippen MR) is 110 cm³/mol. The van der Waals surface area contributed by atoms with E-state index < -0.39 is 0 Å². The van der Waals surface area contributed by atoms with Crippen molar-refractivity contribution in [1.29, 1.82) is 0 Å². The van der Waals surface area contributed by atoms with Gasteiger partial charge in [-0.2, -0.15) is 0 Å². The van der Waals surface area contributed by atoms with Crippen LogP contribution in [0.2, 0.25) is 10.0 Å². The van der Waals surface area contributed by atoms with Gasteiger partial charge >= 0.3 is 0 Å². The lowest BCUT2D eigenvalue weighted by Gasteiger charge is -2.15. The number of halogens is 3. The SMILES string of the molecule is CC(NC(=O)CSc1nnc(-c2ccc(F)cc2)n1C)c1ccc(Cl)cc1Cl. The Morgan fingerprint density at radius 3 is 2.61 bits per heavy atom. The maximum absolute atomic E-state index is 13.1. The summed E-state index contributed by atoms with van der Waals surface area (Å²) in [6.45, 7) is 1.85. The molecule has 0 bridgehead atoms. The Morgan fingerprint density at radius 2 is 1.93 bits per heavy atom. The molecule has 2 aromatic carbocycles. The zero-order chi connectivity index (χ0) is 20.3. The lowest BCUT2D eigenvalue weighted by atomic mass is 10.1. The standard InChI is InChI=1S/C19H17Cl2FN4OS/c1-11(15-8-5-13(20)9-16(15)21)23-17(27)10-28-19-25-24-18(26(19)2)12-3-6-14(22)7-4-12/h3-9,11H,10H2,1-2H3,(H,23,27). The van der Waals surface area contributed by atoms with E-state index >= 15 is 0 Å². The number of benzene rings is 2. The van der Waals surface area contributed by atoms with E-state index in [1.807, 2.05) is 6.92 Å². The van der Waals surface area contributed by atoms with Gasteiger partial charge in [0.15, 0.2) is 11.0 Å². The van der Waals surface area contributed by atoms with E-state index in [-0.39, 0.29) is 23.5 Å². The second-order valence-electron chi connectivity index (χ2n) is 6.12. The minimum Gasteiger partial charge on any atom is -0.349 e. The second kappa shape index (κ2) is 8.94. The molecule has 0 aliphatic heterocycles. The molecule has 5 nitrogen and oxygen atoms in total. The molecule has 3 aromatic rings. The van der Waals surface area contributed by atoms with Gasteiger partial charge in [0.25, 0.3) is 0 Å². The molecule has 1 atom stereocenters. The van der Waals surface area contributed by atoms with E-state index in [2.05, 4.69) is 15.5 Å². The molecule has 1 unspecified atom stereocenters. The maximum Gasteiger partial charge on any atom is 0.230 e. The van der Waals surface area contributed by atoms with Crippen LogP contribution in [0.5, 0.6) is 0 Å². The van der Waals surface area contributed by atoms with Gasteiger partial charge in [-0.15, -0.1) is 10.2 Å². The highest BCUT2D eigenvalue weighted by Crippen LogP contribution is 2.27. The van der Waals surface area contributed by atoms with Gasteiger partial charge in [0.1, 0.15) is 5.82 Å². The quantitative estimate of drug-likeness (QED) is 0.556. The van der Waals surface area contributed by atoms with Crippen molar-refractivity contribution in [3.8, 4) is 11.4 Å². The molecule has 0 radical (unpaired) electrons. The number of amides is 1. The summed E-state index contributed by atoms with van der Waals surface area (Å²) in [6, 6.07) is 10.9. The summed E-state index contributed by atoms with van der Waals surface area (Å²) in [5, 5.41) is 12.8. The van der Waals surface area contributed by atoms with Crippen LogP contribution in [0, 0.1) is 5.82 Å². The number of nitrogens with zero attached hydrogens (tertiary/aromatic N) is 3. The van der Waals surface area contributed by atoms with Crippen molar-refractivity contribution in [2.75, 3.05) is 5.75 Å². The average Bonchev–Trinajstić information content (AvgIpc) is 3.01. The summed E-state index contributed by atoms with van der Waals surface area (Å²) in [4.78, 5) is 12.3. The number of thioether (sulfide) groups is 1. The molecule has 0 aliphatic carbocycles. The van der Waals surface area contributed by atoms with Crippen LogP contribution in [0.1, 0.15) is 18.5 Å². The first kappa shape index (κ1) is 20.6. The normalized spacial score (nSPS) is 12.0. The summed E-state index contributed by atoms with van der Waals surface area (Å²) in [7, 11) is 1.80. The van der Waals surface area contributed by atoms with Gasteiger partial charge in [0, 0.05) is 22.7 Å². The van der Waals surface area contributed by atoms with Crippen molar-refractivity contribution >= 4 is 40.9 Å². The third-order valence-electron chi connectivity index (χ3n) is 4.08. The van der Waals surface area contributed by atoms with E-state index in [1.54, 1.807) is 41.9 Å². The fraction of sp³-hybridized carbons (Fsp3) is 0.211. The highest BCUT2D eigenvalue weighted by atomic mass is 35.5. The fourth-order valence-corrected chi connectivity index (χ4v) is 3.93. The molecular formula is C19H17Cl2FN4OS. The van der Waals surface area contributed by atoms with Crippen LogP contribution in [0.3, 0.4) is 0 Å². The van der Waals surface area contributed by atoms with Gasteiger partial charge in [-0.1, -0.05) is 41.0 Å². The van der Waals surface area contributed by atoms with Crippen LogP contribution in [-0.2, 0) is 11.8 Å². The zero-order valence-electron chi connectivity index (χ0n) is 15.1. The molecule has 146 valence electrons. The van der Waals surface area contributed by atoms with Gasteiger partial charge in [-0.05, 0) is 48.9 Å². The van der Waals surface area contributed by atoms with Crippen LogP contribution in [0.15, 0.2) is 47.6 Å². The van der Waals surface area contributed by atoms with E-state index in [0.29, 0.717) is 21.0 Å². The van der Waals surface area contributed by atoms with Gasteiger partial charge in [0.2, 0.25) is 5.91 Å². The maximum atomic E-state index is 13.1. The van der Waals surface area contributed by atoms with Gasteiger partial charge in [-0.25, -0.2) is 4.39 Å². The second-order valence-corrected chi connectivity index (χ2v) is 7.90. The first-order valence-electron chi connectivity index (χ1n) is 8.37. The highest BCUT2D eigenvalue weighted by molar-refractivity contribution is 7.99. The number of aromatic nitrogens is 3. The Morgan fingerprint density at radius 1 is 1.21 bits per heavy atom. The molecule has 9 heteroatoms. The molecular weight excluding hydrogens is 422 g/mol. The summed E-state index contributed by atoms with van der Waals surface area (Å²) in [5.41, 5.74) is 1.54. The minimum absolute atomic E-state index is 0.158. The Bertz CT molecular complexity index is 994.